The zero-order valence-electron chi connectivity index (χ0n) is 12.0. The largest absolute Gasteiger partial charge is 0.427 e. The summed E-state index contributed by atoms with van der Waals surface area (Å²) in [5, 5.41) is 7.97. The molecule has 0 unspecified atom stereocenters. The Morgan fingerprint density at radius 2 is 1.91 bits per heavy atom. The van der Waals surface area contributed by atoms with Crippen molar-refractivity contribution in [3.8, 4) is 17.0 Å². The topological polar surface area (TPSA) is 72.0 Å². The molecule has 0 fully saturated rings. The van der Waals surface area contributed by atoms with Crippen LogP contribution in [0.3, 0.4) is 0 Å². The predicted molar refractivity (Wildman–Crippen MR) is 83.7 cm³/mol. The van der Waals surface area contributed by atoms with Crippen molar-refractivity contribution in [2.24, 2.45) is 0 Å². The first-order valence-electron chi connectivity index (χ1n) is 6.97. The van der Waals surface area contributed by atoms with Crippen LogP contribution in [0.2, 0.25) is 0 Å². The normalized spacial score (nSPS) is 10.6. The highest BCUT2D eigenvalue weighted by molar-refractivity contribution is 5.93. The SMILES string of the molecule is CCC(=O)Oc1cccc(-c2n[nH]c(=O)c3ccccc23)c1. The summed E-state index contributed by atoms with van der Waals surface area (Å²) >= 11 is 0. The number of H-pyrrole nitrogens is 1. The lowest BCUT2D eigenvalue weighted by molar-refractivity contribution is -0.134. The third-order valence-electron chi connectivity index (χ3n) is 3.32. The number of benzene rings is 2. The molecule has 0 spiro atoms. The van der Waals surface area contributed by atoms with Gasteiger partial charge in [0.2, 0.25) is 0 Å². The number of fused-ring (bicyclic) bond motifs is 1. The number of carbonyl (C=O) groups is 1. The predicted octanol–water partition coefficient (Wildman–Crippen LogP) is 2.91. The fourth-order valence-corrected chi connectivity index (χ4v) is 2.25. The molecule has 0 aliphatic rings. The molecule has 0 radical (unpaired) electrons. The van der Waals surface area contributed by atoms with Crippen molar-refractivity contribution in [2.75, 3.05) is 0 Å². The Morgan fingerprint density at radius 1 is 1.14 bits per heavy atom. The van der Waals surface area contributed by atoms with Crippen molar-refractivity contribution >= 4 is 16.7 Å². The molecule has 1 N–H and O–H groups in total. The van der Waals surface area contributed by atoms with E-state index in [4.69, 9.17) is 4.74 Å². The van der Waals surface area contributed by atoms with Gasteiger partial charge in [-0.1, -0.05) is 37.3 Å². The van der Waals surface area contributed by atoms with Crippen molar-refractivity contribution in [1.82, 2.24) is 10.2 Å². The summed E-state index contributed by atoms with van der Waals surface area (Å²) in [5.74, 6) is 0.165. The van der Waals surface area contributed by atoms with Crippen LogP contribution < -0.4 is 10.3 Å². The third kappa shape index (κ3) is 2.61. The molecule has 0 atom stereocenters. The summed E-state index contributed by atoms with van der Waals surface area (Å²) in [5.41, 5.74) is 1.19. The number of hydrogen-bond donors (Lipinski definition) is 1. The van der Waals surface area contributed by atoms with E-state index in [-0.39, 0.29) is 11.5 Å². The van der Waals surface area contributed by atoms with Gasteiger partial charge < -0.3 is 4.74 Å². The lowest BCUT2D eigenvalue weighted by Gasteiger charge is -2.07. The fraction of sp³-hybridized carbons (Fsp3) is 0.118. The fourth-order valence-electron chi connectivity index (χ4n) is 2.25. The summed E-state index contributed by atoms with van der Waals surface area (Å²) in [6, 6.07) is 14.4. The summed E-state index contributed by atoms with van der Waals surface area (Å²) in [6.07, 6.45) is 0.310. The Labute approximate surface area is 126 Å². The van der Waals surface area contributed by atoms with Gasteiger partial charge in [0.25, 0.3) is 5.56 Å². The number of aromatic amines is 1. The molecule has 1 aromatic heterocycles. The molecule has 0 saturated heterocycles. The highest BCUT2D eigenvalue weighted by atomic mass is 16.5. The molecule has 3 rings (SSSR count). The van der Waals surface area contributed by atoms with E-state index in [1.54, 1.807) is 37.3 Å². The molecule has 110 valence electrons. The van der Waals surface area contributed by atoms with E-state index in [2.05, 4.69) is 10.2 Å². The van der Waals surface area contributed by atoms with Gasteiger partial charge in [0.15, 0.2) is 0 Å². The molecule has 5 heteroatoms. The van der Waals surface area contributed by atoms with E-state index < -0.39 is 0 Å². The Morgan fingerprint density at radius 3 is 2.68 bits per heavy atom. The second-order valence-corrected chi connectivity index (χ2v) is 4.80. The zero-order chi connectivity index (χ0) is 15.5. The van der Waals surface area contributed by atoms with Crippen molar-refractivity contribution in [3.05, 3.63) is 58.9 Å². The summed E-state index contributed by atoms with van der Waals surface area (Å²) in [4.78, 5) is 23.2. The van der Waals surface area contributed by atoms with Gasteiger partial charge in [-0.3, -0.25) is 9.59 Å². The number of nitrogens with one attached hydrogen (secondary N) is 1. The molecule has 0 aliphatic carbocycles. The molecule has 1 heterocycles. The second kappa shape index (κ2) is 5.81. The molecule has 5 nitrogen and oxygen atoms in total. The average Bonchev–Trinajstić information content (AvgIpc) is 2.55. The molecule has 0 bridgehead atoms. The summed E-state index contributed by atoms with van der Waals surface area (Å²) in [7, 11) is 0. The van der Waals surface area contributed by atoms with Crippen LogP contribution in [0.1, 0.15) is 13.3 Å². The number of esters is 1. The summed E-state index contributed by atoms with van der Waals surface area (Å²) in [6.45, 7) is 1.74. The van der Waals surface area contributed by atoms with Gasteiger partial charge in [-0.05, 0) is 18.2 Å². The van der Waals surface area contributed by atoms with Crippen LogP contribution >= 0.6 is 0 Å². The van der Waals surface area contributed by atoms with Gasteiger partial charge in [-0.2, -0.15) is 5.10 Å². The lowest BCUT2D eigenvalue weighted by atomic mass is 10.1. The van der Waals surface area contributed by atoms with Crippen LogP contribution in [0.15, 0.2) is 53.3 Å². The Balaban J connectivity index is 2.12. The van der Waals surface area contributed by atoms with Crippen molar-refractivity contribution in [1.29, 1.82) is 0 Å². The van der Waals surface area contributed by atoms with E-state index in [1.165, 1.54) is 0 Å². The van der Waals surface area contributed by atoms with Crippen molar-refractivity contribution in [2.45, 2.75) is 13.3 Å². The molecule has 2 aromatic carbocycles. The first-order valence-corrected chi connectivity index (χ1v) is 6.97. The van der Waals surface area contributed by atoms with Crippen LogP contribution in [0, 0.1) is 0 Å². The van der Waals surface area contributed by atoms with E-state index in [0.717, 1.165) is 10.9 Å². The van der Waals surface area contributed by atoms with Crippen LogP contribution in [0.4, 0.5) is 0 Å². The number of nitrogens with zero attached hydrogens (tertiary/aromatic N) is 1. The molecular weight excluding hydrogens is 280 g/mol. The van der Waals surface area contributed by atoms with Gasteiger partial charge in [0, 0.05) is 17.4 Å². The van der Waals surface area contributed by atoms with Crippen molar-refractivity contribution < 1.29 is 9.53 Å². The Bertz CT molecular complexity index is 900. The van der Waals surface area contributed by atoms with Gasteiger partial charge in [0.05, 0.1) is 11.1 Å². The quantitative estimate of drug-likeness (QED) is 0.595. The highest BCUT2D eigenvalue weighted by Crippen LogP contribution is 2.27. The minimum absolute atomic E-state index is 0.229. The maximum absolute atomic E-state index is 11.8. The maximum Gasteiger partial charge on any atom is 0.310 e. The van der Waals surface area contributed by atoms with Crippen LogP contribution in [-0.2, 0) is 4.79 Å². The van der Waals surface area contributed by atoms with E-state index in [9.17, 15) is 9.59 Å². The summed E-state index contributed by atoms with van der Waals surface area (Å²) < 4.78 is 5.22. The first kappa shape index (κ1) is 14.0. The molecule has 0 aliphatic heterocycles. The van der Waals surface area contributed by atoms with Gasteiger partial charge in [0.1, 0.15) is 5.75 Å². The van der Waals surface area contributed by atoms with Crippen molar-refractivity contribution in [3.63, 3.8) is 0 Å². The third-order valence-corrected chi connectivity index (χ3v) is 3.32. The molecule has 3 aromatic rings. The standard InChI is InChI=1S/C17H14N2O3/c1-2-15(20)22-12-7-5-6-11(10-12)16-13-8-3-4-9-14(13)17(21)19-18-16/h3-10H,2H2,1H3,(H,19,21). The smallest absolute Gasteiger partial charge is 0.310 e. The van der Waals surface area contributed by atoms with E-state index in [1.807, 2.05) is 18.2 Å². The zero-order valence-corrected chi connectivity index (χ0v) is 12.0. The highest BCUT2D eigenvalue weighted by Gasteiger charge is 2.10. The minimum atomic E-state index is -0.295. The number of aromatic nitrogens is 2. The minimum Gasteiger partial charge on any atom is -0.427 e. The molecule has 0 amide bonds. The van der Waals surface area contributed by atoms with Gasteiger partial charge in [-0.15, -0.1) is 0 Å². The molecule has 22 heavy (non-hydrogen) atoms. The van der Waals surface area contributed by atoms with Crippen LogP contribution in [0.5, 0.6) is 5.75 Å². The maximum atomic E-state index is 11.8. The Kier molecular flexibility index (Phi) is 3.70. The second-order valence-electron chi connectivity index (χ2n) is 4.80. The molecule has 0 saturated carbocycles. The lowest BCUT2D eigenvalue weighted by Crippen LogP contribution is -2.09. The van der Waals surface area contributed by atoms with Crippen LogP contribution in [-0.4, -0.2) is 16.2 Å². The number of rotatable bonds is 3. The average molecular weight is 294 g/mol. The van der Waals surface area contributed by atoms with Crippen LogP contribution in [0.25, 0.3) is 22.0 Å². The van der Waals surface area contributed by atoms with Gasteiger partial charge >= 0.3 is 5.97 Å². The number of ether oxygens (including phenoxy) is 1. The monoisotopic (exact) mass is 294 g/mol. The van der Waals surface area contributed by atoms with E-state index in [0.29, 0.717) is 23.3 Å². The first-order chi connectivity index (χ1) is 10.7. The van der Waals surface area contributed by atoms with Gasteiger partial charge in [-0.25, -0.2) is 5.10 Å². The number of hydrogen-bond acceptors (Lipinski definition) is 4. The number of carbonyl (C=O) groups excluding carboxylic acids is 1. The Hall–Kier alpha value is -2.95. The van der Waals surface area contributed by atoms with E-state index >= 15 is 0 Å². The molecular formula is C17H14N2O3.